The number of anilines is 2. The molecular weight excluding hydrogens is 366 g/mol. The third-order valence-corrected chi connectivity index (χ3v) is 7.18. The monoisotopic (exact) mass is 393 g/mol. The first-order valence-electron chi connectivity index (χ1n) is 9.50. The van der Waals surface area contributed by atoms with Crippen LogP contribution in [0.4, 0.5) is 11.4 Å². The summed E-state index contributed by atoms with van der Waals surface area (Å²) in [5.41, 5.74) is 2.27. The molecule has 0 radical (unpaired) electrons. The molecule has 1 heterocycles. The summed E-state index contributed by atoms with van der Waals surface area (Å²) in [7, 11) is -3.19. The van der Waals surface area contributed by atoms with Gasteiger partial charge in [0.1, 0.15) is 0 Å². The van der Waals surface area contributed by atoms with Crippen LogP contribution in [0.15, 0.2) is 18.2 Å². The van der Waals surface area contributed by atoms with Gasteiger partial charge in [-0.05, 0) is 57.2 Å². The van der Waals surface area contributed by atoms with Crippen molar-refractivity contribution < 1.29 is 18.0 Å². The van der Waals surface area contributed by atoms with E-state index in [1.54, 1.807) is 13.0 Å². The Morgan fingerprint density at radius 3 is 2.22 bits per heavy atom. The average molecular weight is 394 g/mol. The molecule has 0 aromatic heterocycles. The zero-order chi connectivity index (χ0) is 19.6. The molecule has 3 rings (SSSR count). The fourth-order valence-electron chi connectivity index (χ4n) is 3.24. The van der Waals surface area contributed by atoms with Crippen molar-refractivity contribution in [3.63, 3.8) is 0 Å². The Labute approximate surface area is 160 Å². The molecule has 0 atom stereocenters. The van der Waals surface area contributed by atoms with E-state index in [0.29, 0.717) is 37.3 Å². The van der Waals surface area contributed by atoms with Gasteiger partial charge in [0.05, 0.1) is 5.75 Å². The van der Waals surface area contributed by atoms with Gasteiger partial charge in [-0.3, -0.25) is 9.59 Å². The van der Waals surface area contributed by atoms with Crippen molar-refractivity contribution in [3.05, 3.63) is 23.8 Å². The maximum absolute atomic E-state index is 12.6. The van der Waals surface area contributed by atoms with Crippen molar-refractivity contribution in [3.8, 4) is 0 Å². The van der Waals surface area contributed by atoms with Crippen LogP contribution in [-0.2, 0) is 19.6 Å². The molecule has 27 heavy (non-hydrogen) atoms. The SMILES string of the molecule is CCS(=O)(=O)N1CCC(C(=O)Nc2cc(NC(=O)C3CC3)ccc2C)CC1. The van der Waals surface area contributed by atoms with Crippen LogP contribution in [0.2, 0.25) is 0 Å². The number of hydrogen-bond donors (Lipinski definition) is 2. The summed E-state index contributed by atoms with van der Waals surface area (Å²) < 4.78 is 25.3. The van der Waals surface area contributed by atoms with Gasteiger partial charge in [-0.15, -0.1) is 0 Å². The predicted octanol–water partition coefficient (Wildman–Crippen LogP) is 2.34. The van der Waals surface area contributed by atoms with Gasteiger partial charge in [0.2, 0.25) is 21.8 Å². The van der Waals surface area contributed by atoms with Gasteiger partial charge >= 0.3 is 0 Å². The van der Waals surface area contributed by atoms with E-state index in [1.807, 2.05) is 19.1 Å². The lowest BCUT2D eigenvalue weighted by Gasteiger charge is -2.30. The smallest absolute Gasteiger partial charge is 0.227 e. The van der Waals surface area contributed by atoms with Gasteiger partial charge in [0.25, 0.3) is 0 Å². The molecule has 2 aliphatic rings. The van der Waals surface area contributed by atoms with Gasteiger partial charge in [-0.2, -0.15) is 0 Å². The third kappa shape index (κ3) is 4.87. The molecule has 1 aliphatic carbocycles. The van der Waals surface area contributed by atoms with Crippen LogP contribution in [0.25, 0.3) is 0 Å². The summed E-state index contributed by atoms with van der Waals surface area (Å²) in [5.74, 6) is -0.0769. The maximum atomic E-state index is 12.6. The van der Waals surface area contributed by atoms with Gasteiger partial charge in [0, 0.05) is 36.3 Å². The Kier molecular flexibility index (Phi) is 5.86. The van der Waals surface area contributed by atoms with Crippen LogP contribution in [-0.4, -0.2) is 43.4 Å². The summed E-state index contributed by atoms with van der Waals surface area (Å²) in [6.45, 7) is 4.29. The van der Waals surface area contributed by atoms with Crippen LogP contribution in [0.5, 0.6) is 0 Å². The number of nitrogens with one attached hydrogen (secondary N) is 2. The van der Waals surface area contributed by atoms with E-state index >= 15 is 0 Å². The number of benzene rings is 1. The lowest BCUT2D eigenvalue weighted by atomic mass is 9.97. The summed E-state index contributed by atoms with van der Waals surface area (Å²) in [6, 6.07) is 5.48. The van der Waals surface area contributed by atoms with E-state index in [4.69, 9.17) is 0 Å². The Bertz CT molecular complexity index is 825. The largest absolute Gasteiger partial charge is 0.326 e. The highest BCUT2D eigenvalue weighted by Gasteiger charge is 2.31. The Morgan fingerprint density at radius 2 is 1.63 bits per heavy atom. The van der Waals surface area contributed by atoms with E-state index in [1.165, 1.54) is 4.31 Å². The third-order valence-electron chi connectivity index (χ3n) is 5.29. The molecular formula is C19H27N3O4S. The lowest BCUT2D eigenvalue weighted by Crippen LogP contribution is -2.42. The van der Waals surface area contributed by atoms with Gasteiger partial charge in [-0.1, -0.05) is 6.07 Å². The van der Waals surface area contributed by atoms with E-state index in [-0.39, 0.29) is 29.4 Å². The van der Waals surface area contributed by atoms with Gasteiger partial charge in [-0.25, -0.2) is 12.7 Å². The number of rotatable bonds is 6. The second kappa shape index (κ2) is 7.98. The first-order chi connectivity index (χ1) is 12.8. The quantitative estimate of drug-likeness (QED) is 0.775. The second-order valence-electron chi connectivity index (χ2n) is 7.36. The minimum atomic E-state index is -3.19. The van der Waals surface area contributed by atoms with Crippen molar-refractivity contribution in [1.29, 1.82) is 0 Å². The van der Waals surface area contributed by atoms with Gasteiger partial charge in [0.15, 0.2) is 0 Å². The molecule has 1 aromatic carbocycles. The molecule has 2 N–H and O–H groups in total. The Morgan fingerprint density at radius 1 is 1.04 bits per heavy atom. The number of carbonyl (C=O) groups excluding carboxylic acids is 2. The highest BCUT2D eigenvalue weighted by molar-refractivity contribution is 7.89. The van der Waals surface area contributed by atoms with E-state index in [9.17, 15) is 18.0 Å². The van der Waals surface area contributed by atoms with Crippen molar-refractivity contribution in [2.75, 3.05) is 29.5 Å². The Balaban J connectivity index is 1.60. The van der Waals surface area contributed by atoms with E-state index < -0.39 is 10.0 Å². The highest BCUT2D eigenvalue weighted by atomic mass is 32.2. The topological polar surface area (TPSA) is 95.6 Å². The average Bonchev–Trinajstić information content (AvgIpc) is 3.50. The highest BCUT2D eigenvalue weighted by Crippen LogP contribution is 2.31. The molecule has 2 amide bonds. The molecule has 1 saturated heterocycles. The number of amides is 2. The van der Waals surface area contributed by atoms with Gasteiger partial charge < -0.3 is 10.6 Å². The summed E-state index contributed by atoms with van der Waals surface area (Å²) in [5, 5.41) is 5.84. The summed E-state index contributed by atoms with van der Waals surface area (Å²) >= 11 is 0. The fraction of sp³-hybridized carbons (Fsp3) is 0.579. The molecule has 148 valence electrons. The first kappa shape index (κ1) is 19.8. The lowest BCUT2D eigenvalue weighted by molar-refractivity contribution is -0.121. The van der Waals surface area contributed by atoms with Crippen molar-refractivity contribution in [2.45, 2.75) is 39.5 Å². The molecule has 1 saturated carbocycles. The fourth-order valence-corrected chi connectivity index (χ4v) is 4.37. The maximum Gasteiger partial charge on any atom is 0.227 e. The van der Waals surface area contributed by atoms with E-state index in [0.717, 1.165) is 18.4 Å². The van der Waals surface area contributed by atoms with Crippen LogP contribution in [0, 0.1) is 18.8 Å². The molecule has 0 bridgehead atoms. The predicted molar refractivity (Wildman–Crippen MR) is 105 cm³/mol. The van der Waals surface area contributed by atoms with Crippen LogP contribution in [0.1, 0.15) is 38.2 Å². The number of piperidine rings is 1. The Hall–Kier alpha value is -1.93. The first-order valence-corrected chi connectivity index (χ1v) is 11.1. The van der Waals surface area contributed by atoms with Crippen molar-refractivity contribution in [1.82, 2.24) is 4.31 Å². The standard InChI is InChI=1S/C19H27N3O4S/c1-3-27(25,26)22-10-8-15(9-11-22)19(24)21-17-12-16(7-4-13(17)2)20-18(23)14-5-6-14/h4,7,12,14-15H,3,5-6,8-11H2,1-2H3,(H,20,23)(H,21,24). The van der Waals surface area contributed by atoms with Crippen LogP contribution in [0.3, 0.4) is 0 Å². The molecule has 8 heteroatoms. The second-order valence-corrected chi connectivity index (χ2v) is 9.61. The molecule has 2 fully saturated rings. The van der Waals surface area contributed by atoms with Crippen LogP contribution >= 0.6 is 0 Å². The molecule has 7 nitrogen and oxygen atoms in total. The molecule has 1 aromatic rings. The molecule has 1 aliphatic heterocycles. The molecule has 0 spiro atoms. The minimum absolute atomic E-state index is 0.0284. The number of aryl methyl sites for hydroxylation is 1. The number of sulfonamides is 1. The zero-order valence-electron chi connectivity index (χ0n) is 15.8. The number of carbonyl (C=O) groups is 2. The van der Waals surface area contributed by atoms with Crippen molar-refractivity contribution >= 4 is 33.2 Å². The summed E-state index contributed by atoms with van der Waals surface area (Å²) in [6.07, 6.45) is 2.91. The number of nitrogens with zero attached hydrogens (tertiary/aromatic N) is 1. The number of hydrogen-bond acceptors (Lipinski definition) is 4. The zero-order valence-corrected chi connectivity index (χ0v) is 16.6. The van der Waals surface area contributed by atoms with Crippen molar-refractivity contribution in [2.24, 2.45) is 11.8 Å². The normalized spacial score (nSPS) is 18.9. The minimum Gasteiger partial charge on any atom is -0.326 e. The van der Waals surface area contributed by atoms with Crippen LogP contribution < -0.4 is 10.6 Å². The summed E-state index contributed by atoms with van der Waals surface area (Å²) in [4.78, 5) is 24.6. The molecule has 0 unspecified atom stereocenters. The van der Waals surface area contributed by atoms with E-state index in [2.05, 4.69) is 10.6 Å².